The minimum absolute atomic E-state index is 0.0534. The van der Waals surface area contributed by atoms with Crippen molar-refractivity contribution < 1.29 is 4.79 Å². The normalized spacial score (nSPS) is 17.7. The summed E-state index contributed by atoms with van der Waals surface area (Å²) in [4.78, 5) is 14.3. The molecule has 1 aromatic carbocycles. The zero-order chi connectivity index (χ0) is 14.4. The number of nitrogens with one attached hydrogen (secondary N) is 2. The SMILES string of the molecule is CC(C(=O)NCCc1ccc(Cl)cc1)N1CCNCC1. The third kappa shape index (κ3) is 4.47. The van der Waals surface area contributed by atoms with E-state index in [0.29, 0.717) is 6.54 Å². The van der Waals surface area contributed by atoms with Crippen molar-refractivity contribution in [1.82, 2.24) is 15.5 Å². The van der Waals surface area contributed by atoms with Crippen molar-refractivity contribution in [2.24, 2.45) is 0 Å². The van der Waals surface area contributed by atoms with E-state index in [0.717, 1.165) is 37.6 Å². The summed E-state index contributed by atoms with van der Waals surface area (Å²) < 4.78 is 0. The molecule has 1 fully saturated rings. The Morgan fingerprint density at radius 3 is 2.65 bits per heavy atom. The van der Waals surface area contributed by atoms with Crippen molar-refractivity contribution in [1.29, 1.82) is 0 Å². The van der Waals surface area contributed by atoms with E-state index < -0.39 is 0 Å². The van der Waals surface area contributed by atoms with E-state index in [1.165, 1.54) is 5.56 Å². The largest absolute Gasteiger partial charge is 0.354 e. The summed E-state index contributed by atoms with van der Waals surface area (Å²) in [6, 6.07) is 7.69. The Bertz CT molecular complexity index is 429. The zero-order valence-corrected chi connectivity index (χ0v) is 12.6. The van der Waals surface area contributed by atoms with Crippen LogP contribution in [0.5, 0.6) is 0 Å². The van der Waals surface area contributed by atoms with E-state index >= 15 is 0 Å². The third-order valence-electron chi connectivity index (χ3n) is 3.70. The molecule has 2 N–H and O–H groups in total. The molecule has 0 radical (unpaired) electrons. The van der Waals surface area contributed by atoms with Crippen LogP contribution in [0.4, 0.5) is 0 Å². The maximum absolute atomic E-state index is 12.1. The standard InChI is InChI=1S/C15H22ClN3O/c1-12(19-10-8-17-9-11-19)15(20)18-7-6-13-2-4-14(16)5-3-13/h2-5,12,17H,6-11H2,1H3,(H,18,20). The molecule has 1 atom stereocenters. The summed E-state index contributed by atoms with van der Waals surface area (Å²) in [6.07, 6.45) is 0.831. The van der Waals surface area contributed by atoms with E-state index in [9.17, 15) is 4.79 Å². The molecule has 1 aromatic rings. The van der Waals surface area contributed by atoms with Crippen LogP contribution in [-0.4, -0.2) is 49.6 Å². The number of halogens is 1. The fourth-order valence-electron chi connectivity index (χ4n) is 2.36. The van der Waals surface area contributed by atoms with Crippen LogP contribution < -0.4 is 10.6 Å². The number of carbonyl (C=O) groups excluding carboxylic acids is 1. The van der Waals surface area contributed by atoms with Crippen molar-refractivity contribution in [3.05, 3.63) is 34.9 Å². The summed E-state index contributed by atoms with van der Waals surface area (Å²) in [5.74, 6) is 0.112. The van der Waals surface area contributed by atoms with E-state index in [2.05, 4.69) is 15.5 Å². The van der Waals surface area contributed by atoms with Crippen LogP contribution in [0, 0.1) is 0 Å². The Hall–Kier alpha value is -1.10. The first kappa shape index (κ1) is 15.3. The van der Waals surface area contributed by atoms with Gasteiger partial charge in [0.05, 0.1) is 6.04 Å². The predicted molar refractivity (Wildman–Crippen MR) is 82.1 cm³/mol. The van der Waals surface area contributed by atoms with Crippen LogP contribution >= 0.6 is 11.6 Å². The first-order chi connectivity index (χ1) is 9.66. The molecule has 1 unspecified atom stereocenters. The van der Waals surface area contributed by atoms with E-state index in [-0.39, 0.29) is 11.9 Å². The Balaban J connectivity index is 1.72. The number of hydrogen-bond donors (Lipinski definition) is 2. The molecule has 0 aromatic heterocycles. The topological polar surface area (TPSA) is 44.4 Å². The highest BCUT2D eigenvalue weighted by Gasteiger charge is 2.21. The fraction of sp³-hybridized carbons (Fsp3) is 0.533. The first-order valence-electron chi connectivity index (χ1n) is 7.14. The van der Waals surface area contributed by atoms with Gasteiger partial charge in [-0.2, -0.15) is 0 Å². The molecule has 2 rings (SSSR count). The Morgan fingerprint density at radius 2 is 2.00 bits per heavy atom. The lowest BCUT2D eigenvalue weighted by Gasteiger charge is -2.31. The van der Waals surface area contributed by atoms with Gasteiger partial charge in [-0.3, -0.25) is 9.69 Å². The fourth-order valence-corrected chi connectivity index (χ4v) is 2.49. The second kappa shape index (κ2) is 7.62. The first-order valence-corrected chi connectivity index (χ1v) is 7.51. The number of amides is 1. The molecule has 1 saturated heterocycles. The molecule has 0 aliphatic carbocycles. The maximum Gasteiger partial charge on any atom is 0.237 e. The number of nitrogens with zero attached hydrogens (tertiary/aromatic N) is 1. The van der Waals surface area contributed by atoms with Crippen LogP contribution in [0.3, 0.4) is 0 Å². The number of carbonyl (C=O) groups is 1. The van der Waals surface area contributed by atoms with Gasteiger partial charge in [0.1, 0.15) is 0 Å². The van der Waals surface area contributed by atoms with Gasteiger partial charge in [-0.1, -0.05) is 23.7 Å². The van der Waals surface area contributed by atoms with Gasteiger partial charge in [-0.15, -0.1) is 0 Å². The lowest BCUT2D eigenvalue weighted by molar-refractivity contribution is -0.126. The molecule has 1 amide bonds. The quantitative estimate of drug-likeness (QED) is 0.860. The summed E-state index contributed by atoms with van der Waals surface area (Å²) >= 11 is 5.84. The highest BCUT2D eigenvalue weighted by molar-refractivity contribution is 6.30. The molecule has 5 heteroatoms. The highest BCUT2D eigenvalue weighted by atomic mass is 35.5. The molecule has 4 nitrogen and oxygen atoms in total. The predicted octanol–water partition coefficient (Wildman–Crippen LogP) is 1.29. The molecule has 0 bridgehead atoms. The molecule has 20 heavy (non-hydrogen) atoms. The van der Waals surface area contributed by atoms with Gasteiger partial charge in [-0.05, 0) is 31.0 Å². The monoisotopic (exact) mass is 295 g/mol. The lowest BCUT2D eigenvalue weighted by atomic mass is 10.1. The van der Waals surface area contributed by atoms with Crippen LogP contribution in [-0.2, 0) is 11.2 Å². The minimum atomic E-state index is -0.0534. The third-order valence-corrected chi connectivity index (χ3v) is 3.96. The Kier molecular flexibility index (Phi) is 5.83. The van der Waals surface area contributed by atoms with Gasteiger partial charge in [0, 0.05) is 37.7 Å². The smallest absolute Gasteiger partial charge is 0.237 e. The Labute approximate surface area is 125 Å². The van der Waals surface area contributed by atoms with Gasteiger partial charge in [0.2, 0.25) is 5.91 Å². The van der Waals surface area contributed by atoms with Crippen LogP contribution in [0.25, 0.3) is 0 Å². The number of piperazine rings is 1. The molecule has 1 heterocycles. The van der Waals surface area contributed by atoms with Crippen LogP contribution in [0.2, 0.25) is 5.02 Å². The molecule has 1 aliphatic heterocycles. The molecule has 0 spiro atoms. The Morgan fingerprint density at radius 1 is 1.35 bits per heavy atom. The van der Waals surface area contributed by atoms with Crippen LogP contribution in [0.1, 0.15) is 12.5 Å². The van der Waals surface area contributed by atoms with Gasteiger partial charge >= 0.3 is 0 Å². The molecule has 0 saturated carbocycles. The molecular formula is C15H22ClN3O. The summed E-state index contributed by atoms with van der Waals surface area (Å²) in [6.45, 7) is 6.43. The van der Waals surface area contributed by atoms with Crippen molar-refractivity contribution in [3.63, 3.8) is 0 Å². The average Bonchev–Trinajstić information content (AvgIpc) is 2.49. The van der Waals surface area contributed by atoms with Crippen molar-refractivity contribution in [2.75, 3.05) is 32.7 Å². The average molecular weight is 296 g/mol. The summed E-state index contributed by atoms with van der Waals surface area (Å²) in [7, 11) is 0. The van der Waals surface area contributed by atoms with E-state index in [1.807, 2.05) is 31.2 Å². The van der Waals surface area contributed by atoms with E-state index in [4.69, 9.17) is 11.6 Å². The lowest BCUT2D eigenvalue weighted by Crippen LogP contribution is -2.52. The molecular weight excluding hydrogens is 274 g/mol. The number of benzene rings is 1. The number of rotatable bonds is 5. The summed E-state index contributed by atoms with van der Waals surface area (Å²) in [5.41, 5.74) is 1.18. The maximum atomic E-state index is 12.1. The van der Waals surface area contributed by atoms with Gasteiger partial charge in [0.25, 0.3) is 0 Å². The summed E-state index contributed by atoms with van der Waals surface area (Å²) in [5, 5.41) is 7.04. The minimum Gasteiger partial charge on any atom is -0.354 e. The molecule has 110 valence electrons. The van der Waals surface area contributed by atoms with E-state index in [1.54, 1.807) is 0 Å². The number of hydrogen-bond acceptors (Lipinski definition) is 3. The highest BCUT2D eigenvalue weighted by Crippen LogP contribution is 2.09. The van der Waals surface area contributed by atoms with Gasteiger partial charge in [0.15, 0.2) is 0 Å². The van der Waals surface area contributed by atoms with Crippen molar-refractivity contribution in [2.45, 2.75) is 19.4 Å². The second-order valence-electron chi connectivity index (χ2n) is 5.13. The van der Waals surface area contributed by atoms with Crippen molar-refractivity contribution in [3.8, 4) is 0 Å². The molecule has 1 aliphatic rings. The van der Waals surface area contributed by atoms with Gasteiger partial charge < -0.3 is 10.6 Å². The zero-order valence-electron chi connectivity index (χ0n) is 11.9. The second-order valence-corrected chi connectivity index (χ2v) is 5.57. The van der Waals surface area contributed by atoms with Crippen molar-refractivity contribution >= 4 is 17.5 Å². The van der Waals surface area contributed by atoms with Gasteiger partial charge in [-0.25, -0.2) is 0 Å². The van der Waals surface area contributed by atoms with Crippen LogP contribution in [0.15, 0.2) is 24.3 Å².